The Bertz CT molecular complexity index is 518. The van der Waals surface area contributed by atoms with E-state index in [9.17, 15) is 14.7 Å². The fourth-order valence-corrected chi connectivity index (χ4v) is 2.26. The summed E-state index contributed by atoms with van der Waals surface area (Å²) in [5.74, 6) is -3.53. The third kappa shape index (κ3) is 3.07. The van der Waals surface area contributed by atoms with Gasteiger partial charge in [-0.2, -0.15) is 0 Å². The summed E-state index contributed by atoms with van der Waals surface area (Å²) in [6.45, 7) is 2.99. The number of carbonyl (C=O) groups excluding carboxylic acids is 2. The van der Waals surface area contributed by atoms with Crippen LogP contribution in [0.15, 0.2) is 22.7 Å². The Morgan fingerprint density at radius 2 is 1.84 bits per heavy atom. The summed E-state index contributed by atoms with van der Waals surface area (Å²) in [6, 6.07) is 4.80. The molecule has 1 N–H and O–H groups in total. The Labute approximate surface area is 118 Å². The van der Waals surface area contributed by atoms with E-state index in [1.807, 2.05) is 0 Å². The molecular weight excluding hydrogens is 316 g/mol. The van der Waals surface area contributed by atoms with Crippen molar-refractivity contribution in [2.45, 2.75) is 26.1 Å². The van der Waals surface area contributed by atoms with Gasteiger partial charge in [-0.05, 0) is 23.8 Å². The maximum absolute atomic E-state index is 11.8. The van der Waals surface area contributed by atoms with Gasteiger partial charge >= 0.3 is 11.9 Å². The van der Waals surface area contributed by atoms with E-state index in [-0.39, 0.29) is 12.2 Å². The summed E-state index contributed by atoms with van der Waals surface area (Å²) in [5, 5.41) is 9.72. The van der Waals surface area contributed by atoms with Gasteiger partial charge in [0.25, 0.3) is 5.79 Å². The number of aromatic hydroxyl groups is 1. The number of rotatable bonds is 2. The molecule has 1 aromatic carbocycles. The first-order chi connectivity index (χ1) is 8.78. The van der Waals surface area contributed by atoms with Crippen LogP contribution < -0.4 is 0 Å². The Balaban J connectivity index is 2.21. The lowest BCUT2D eigenvalue weighted by atomic mass is 9.97. The molecular formula is C13H13BrO5. The minimum atomic E-state index is -1.23. The van der Waals surface area contributed by atoms with Gasteiger partial charge < -0.3 is 14.6 Å². The number of hydrogen-bond acceptors (Lipinski definition) is 5. The van der Waals surface area contributed by atoms with Crippen molar-refractivity contribution >= 4 is 27.9 Å². The van der Waals surface area contributed by atoms with E-state index in [4.69, 9.17) is 9.47 Å². The predicted molar refractivity (Wildman–Crippen MR) is 69.3 cm³/mol. The second-order valence-corrected chi connectivity index (χ2v) is 5.69. The Hall–Kier alpha value is -1.56. The van der Waals surface area contributed by atoms with Crippen molar-refractivity contribution in [3.05, 3.63) is 28.2 Å². The third-order valence-corrected chi connectivity index (χ3v) is 3.22. The molecule has 1 aliphatic heterocycles. The van der Waals surface area contributed by atoms with Crippen molar-refractivity contribution in [1.29, 1.82) is 0 Å². The van der Waals surface area contributed by atoms with Gasteiger partial charge in [0.05, 0.1) is 0 Å². The summed E-state index contributed by atoms with van der Waals surface area (Å²) >= 11 is 3.27. The third-order valence-electron chi connectivity index (χ3n) is 2.73. The Kier molecular flexibility index (Phi) is 3.54. The van der Waals surface area contributed by atoms with Crippen LogP contribution in [0, 0.1) is 5.92 Å². The molecule has 0 aliphatic carbocycles. The fourth-order valence-electron chi connectivity index (χ4n) is 1.85. The molecule has 102 valence electrons. The molecule has 0 unspecified atom stereocenters. The lowest BCUT2D eigenvalue weighted by molar-refractivity contribution is -0.239. The lowest BCUT2D eigenvalue weighted by Gasteiger charge is -2.32. The second-order valence-electron chi connectivity index (χ2n) is 4.77. The van der Waals surface area contributed by atoms with Crippen LogP contribution in [0.4, 0.5) is 0 Å². The predicted octanol–water partition coefficient (Wildman–Crippen LogP) is 2.15. The number of phenols is 1. The van der Waals surface area contributed by atoms with Crippen molar-refractivity contribution in [3.8, 4) is 5.75 Å². The number of cyclic esters (lactones) is 2. The molecule has 1 fully saturated rings. The van der Waals surface area contributed by atoms with Crippen LogP contribution in [-0.4, -0.2) is 22.8 Å². The first-order valence-electron chi connectivity index (χ1n) is 5.71. The van der Waals surface area contributed by atoms with Gasteiger partial charge in [0.2, 0.25) is 0 Å². The molecule has 2 rings (SSSR count). The summed E-state index contributed by atoms with van der Waals surface area (Å²) in [6.07, 6.45) is 0.0407. The zero-order valence-corrected chi connectivity index (χ0v) is 12.1. The van der Waals surface area contributed by atoms with E-state index in [1.165, 1.54) is 19.9 Å². The molecule has 0 aromatic heterocycles. The monoisotopic (exact) mass is 328 g/mol. The van der Waals surface area contributed by atoms with Crippen molar-refractivity contribution in [2.75, 3.05) is 0 Å². The molecule has 0 saturated carbocycles. The van der Waals surface area contributed by atoms with Crippen molar-refractivity contribution < 1.29 is 24.2 Å². The molecule has 1 saturated heterocycles. The van der Waals surface area contributed by atoms with Crippen LogP contribution in [0.3, 0.4) is 0 Å². The summed E-state index contributed by atoms with van der Waals surface area (Å²) in [5.41, 5.74) is 0.480. The molecule has 5 nitrogen and oxygen atoms in total. The quantitative estimate of drug-likeness (QED) is 0.665. The molecule has 6 heteroatoms. The SMILES string of the molecule is CC1(C)OC(=O)C(Cc2cc(Br)ccc2O)C(=O)O1. The number of ether oxygens (including phenoxy) is 2. The van der Waals surface area contributed by atoms with Crippen LogP contribution in [0.25, 0.3) is 0 Å². The van der Waals surface area contributed by atoms with Crippen LogP contribution in [0.5, 0.6) is 5.75 Å². The molecule has 1 heterocycles. The number of benzene rings is 1. The van der Waals surface area contributed by atoms with E-state index >= 15 is 0 Å². The average Bonchev–Trinajstić information content (AvgIpc) is 2.26. The average molecular weight is 329 g/mol. The first-order valence-corrected chi connectivity index (χ1v) is 6.51. The number of esters is 2. The van der Waals surface area contributed by atoms with Crippen LogP contribution in [-0.2, 0) is 25.5 Å². The second kappa shape index (κ2) is 4.85. The van der Waals surface area contributed by atoms with Gasteiger partial charge in [0.1, 0.15) is 5.75 Å². The minimum absolute atomic E-state index is 0.0219. The lowest BCUT2D eigenvalue weighted by Crippen LogP contribution is -2.46. The maximum Gasteiger partial charge on any atom is 0.323 e. The van der Waals surface area contributed by atoms with Crippen molar-refractivity contribution in [1.82, 2.24) is 0 Å². The highest BCUT2D eigenvalue weighted by molar-refractivity contribution is 9.10. The normalized spacial score (nSPS) is 18.9. The highest BCUT2D eigenvalue weighted by Gasteiger charge is 2.43. The molecule has 0 spiro atoms. The van der Waals surface area contributed by atoms with Crippen LogP contribution >= 0.6 is 15.9 Å². The Morgan fingerprint density at radius 1 is 1.26 bits per heavy atom. The maximum atomic E-state index is 11.8. The van der Waals surface area contributed by atoms with Crippen molar-refractivity contribution in [2.24, 2.45) is 5.92 Å². The molecule has 0 atom stereocenters. The molecule has 0 amide bonds. The summed E-state index contributed by atoms with van der Waals surface area (Å²) in [7, 11) is 0. The molecule has 0 radical (unpaired) electrons. The van der Waals surface area contributed by atoms with E-state index in [1.54, 1.807) is 12.1 Å². The Morgan fingerprint density at radius 3 is 2.42 bits per heavy atom. The van der Waals surface area contributed by atoms with E-state index in [0.717, 1.165) is 4.47 Å². The molecule has 1 aliphatic rings. The first kappa shape index (κ1) is 13.9. The molecule has 0 bridgehead atoms. The van der Waals surface area contributed by atoms with Crippen molar-refractivity contribution in [3.63, 3.8) is 0 Å². The standard InChI is InChI=1S/C13H13BrO5/c1-13(2)18-11(16)9(12(17)19-13)6-7-5-8(14)3-4-10(7)15/h3-5,9,15H,6H2,1-2H3. The van der Waals surface area contributed by atoms with E-state index in [2.05, 4.69) is 15.9 Å². The summed E-state index contributed by atoms with van der Waals surface area (Å²) < 4.78 is 10.8. The number of hydrogen-bond donors (Lipinski definition) is 1. The van der Waals surface area contributed by atoms with Crippen LogP contribution in [0.1, 0.15) is 19.4 Å². The number of phenolic OH excluding ortho intramolecular Hbond substituents is 1. The van der Waals surface area contributed by atoms with Gasteiger partial charge in [-0.3, -0.25) is 9.59 Å². The largest absolute Gasteiger partial charge is 0.508 e. The van der Waals surface area contributed by atoms with Gasteiger partial charge in [0.15, 0.2) is 5.92 Å². The van der Waals surface area contributed by atoms with Gasteiger partial charge in [-0.15, -0.1) is 0 Å². The smallest absolute Gasteiger partial charge is 0.323 e. The van der Waals surface area contributed by atoms with E-state index in [0.29, 0.717) is 5.56 Å². The molecule has 19 heavy (non-hydrogen) atoms. The minimum Gasteiger partial charge on any atom is -0.508 e. The van der Waals surface area contributed by atoms with E-state index < -0.39 is 23.6 Å². The number of halogens is 1. The highest BCUT2D eigenvalue weighted by Crippen LogP contribution is 2.29. The van der Waals surface area contributed by atoms with Gasteiger partial charge in [0, 0.05) is 24.7 Å². The van der Waals surface area contributed by atoms with Gasteiger partial charge in [-0.25, -0.2) is 0 Å². The summed E-state index contributed by atoms with van der Waals surface area (Å²) in [4.78, 5) is 23.6. The number of carbonyl (C=O) groups is 2. The topological polar surface area (TPSA) is 72.8 Å². The van der Waals surface area contributed by atoms with Gasteiger partial charge in [-0.1, -0.05) is 15.9 Å². The molecule has 1 aromatic rings. The zero-order chi connectivity index (χ0) is 14.2. The fraction of sp³-hybridized carbons (Fsp3) is 0.385. The highest BCUT2D eigenvalue weighted by atomic mass is 79.9. The zero-order valence-electron chi connectivity index (χ0n) is 10.5. The van der Waals surface area contributed by atoms with Crippen LogP contribution in [0.2, 0.25) is 0 Å².